The van der Waals surface area contributed by atoms with Crippen LogP contribution in [-0.4, -0.2) is 45.3 Å². The van der Waals surface area contributed by atoms with Crippen LogP contribution in [0.5, 0.6) is 0 Å². The first-order valence-corrected chi connectivity index (χ1v) is 11.3. The molecule has 3 aromatic heterocycles. The summed E-state index contributed by atoms with van der Waals surface area (Å²) in [5.74, 6) is 0.825. The minimum absolute atomic E-state index is 0.0419. The Morgan fingerprint density at radius 3 is 2.94 bits per heavy atom. The summed E-state index contributed by atoms with van der Waals surface area (Å²) in [6.45, 7) is 1.89. The third-order valence-corrected chi connectivity index (χ3v) is 6.07. The lowest BCUT2D eigenvalue weighted by atomic mass is 10.1. The summed E-state index contributed by atoms with van der Waals surface area (Å²) in [5.41, 5.74) is 8.62. The van der Waals surface area contributed by atoms with Crippen molar-refractivity contribution in [2.75, 3.05) is 30.4 Å². The Balaban J connectivity index is 1.92. The van der Waals surface area contributed by atoms with E-state index in [1.165, 1.54) is 10.9 Å². The summed E-state index contributed by atoms with van der Waals surface area (Å²) in [5, 5.41) is 12.6. The Morgan fingerprint density at radius 2 is 2.24 bits per heavy atom. The van der Waals surface area contributed by atoms with Crippen molar-refractivity contribution in [3.8, 4) is 6.07 Å². The van der Waals surface area contributed by atoms with E-state index in [2.05, 4.69) is 26.3 Å². The van der Waals surface area contributed by atoms with Gasteiger partial charge in [0.25, 0.3) is 5.56 Å². The number of nitrogens with two attached hydrogens (primary N) is 1. The van der Waals surface area contributed by atoms with Gasteiger partial charge in [0.15, 0.2) is 0 Å². The Bertz CT molecular complexity index is 1300. The molecule has 3 N–H and O–H groups in total. The Labute approximate surface area is 201 Å². The molecule has 1 fully saturated rings. The molecule has 172 valence electrons. The van der Waals surface area contributed by atoms with Crippen LogP contribution >= 0.6 is 23.2 Å². The molecule has 0 bridgehead atoms. The number of halogens is 2. The predicted octanol–water partition coefficient (Wildman–Crippen LogP) is 2.80. The van der Waals surface area contributed by atoms with E-state index < -0.39 is 0 Å². The summed E-state index contributed by atoms with van der Waals surface area (Å²) >= 11 is 11.8. The van der Waals surface area contributed by atoms with Crippen LogP contribution in [0.1, 0.15) is 24.1 Å². The maximum absolute atomic E-state index is 13.7. The maximum atomic E-state index is 13.7. The average Bonchev–Trinajstić information content (AvgIpc) is 3.13. The number of fused-ring (bicyclic) bond motifs is 1. The molecular formula is C22H24Cl2N8O. The minimum Gasteiger partial charge on any atom is -0.383 e. The van der Waals surface area contributed by atoms with Crippen molar-refractivity contribution in [2.45, 2.75) is 32.0 Å². The van der Waals surface area contributed by atoms with Crippen molar-refractivity contribution in [2.24, 2.45) is 5.73 Å². The standard InChI is InChI=1S/C22H24Cl2N8O/c1-27-19-18-20(22(33)31(13-29-18)12-16-14(10-25)4-2-7-28-16)32(9-6-17(23)24)21(19)30-8-3-5-15(26)11-30/h2,4,6-7,13,15,27H,3,5,8-9,11-12,26H2,1H3/t15-/m0/s1. The number of hydrogen-bond donors (Lipinski definition) is 2. The molecule has 4 heterocycles. The average molecular weight is 487 g/mol. The summed E-state index contributed by atoms with van der Waals surface area (Å²) in [6.07, 6.45) is 6.63. The van der Waals surface area contributed by atoms with E-state index in [1.807, 2.05) is 4.57 Å². The number of allylic oxidation sites excluding steroid dienone is 1. The molecule has 11 heteroatoms. The lowest BCUT2D eigenvalue weighted by molar-refractivity contribution is 0.499. The zero-order valence-electron chi connectivity index (χ0n) is 18.1. The number of pyridine rings is 1. The highest BCUT2D eigenvalue weighted by atomic mass is 35.5. The maximum Gasteiger partial charge on any atom is 0.278 e. The van der Waals surface area contributed by atoms with Crippen LogP contribution in [0.15, 0.2) is 40.0 Å². The summed E-state index contributed by atoms with van der Waals surface area (Å²) in [6, 6.07) is 5.52. The molecule has 0 aromatic carbocycles. The van der Waals surface area contributed by atoms with Gasteiger partial charge in [0.2, 0.25) is 0 Å². The molecule has 0 spiro atoms. The zero-order chi connectivity index (χ0) is 23.5. The van der Waals surface area contributed by atoms with Gasteiger partial charge in [-0.15, -0.1) is 0 Å². The van der Waals surface area contributed by atoms with Gasteiger partial charge in [-0.1, -0.05) is 23.2 Å². The van der Waals surface area contributed by atoms with Crippen molar-refractivity contribution in [3.05, 3.63) is 56.8 Å². The van der Waals surface area contributed by atoms with E-state index in [0.717, 1.165) is 30.9 Å². The molecule has 1 atom stereocenters. The van der Waals surface area contributed by atoms with E-state index >= 15 is 0 Å². The smallest absolute Gasteiger partial charge is 0.278 e. The number of piperidine rings is 1. The molecule has 33 heavy (non-hydrogen) atoms. The second kappa shape index (κ2) is 9.83. The van der Waals surface area contributed by atoms with Crippen molar-refractivity contribution < 1.29 is 0 Å². The van der Waals surface area contributed by atoms with Gasteiger partial charge in [-0.05, 0) is 31.1 Å². The number of rotatable bonds is 6. The Morgan fingerprint density at radius 1 is 1.42 bits per heavy atom. The van der Waals surface area contributed by atoms with Gasteiger partial charge in [-0.2, -0.15) is 5.26 Å². The van der Waals surface area contributed by atoms with E-state index in [-0.39, 0.29) is 29.2 Å². The molecule has 4 rings (SSSR count). The summed E-state index contributed by atoms with van der Waals surface area (Å²) in [7, 11) is 1.80. The third-order valence-electron chi connectivity index (χ3n) is 5.77. The predicted molar refractivity (Wildman–Crippen MR) is 131 cm³/mol. The number of nitriles is 1. The first-order valence-electron chi connectivity index (χ1n) is 10.6. The van der Waals surface area contributed by atoms with E-state index in [1.54, 1.807) is 31.5 Å². The van der Waals surface area contributed by atoms with Crippen LogP contribution in [0.4, 0.5) is 11.5 Å². The fourth-order valence-corrected chi connectivity index (χ4v) is 4.43. The highest BCUT2D eigenvalue weighted by molar-refractivity contribution is 6.55. The Hall–Kier alpha value is -3.06. The fourth-order valence-electron chi connectivity index (χ4n) is 4.29. The van der Waals surface area contributed by atoms with Gasteiger partial charge in [0.05, 0.1) is 24.1 Å². The molecule has 1 aliphatic rings. The highest BCUT2D eigenvalue weighted by Crippen LogP contribution is 2.36. The van der Waals surface area contributed by atoms with Gasteiger partial charge in [0.1, 0.15) is 33.1 Å². The lowest BCUT2D eigenvalue weighted by Crippen LogP contribution is -2.43. The second-order valence-corrected chi connectivity index (χ2v) is 8.89. The van der Waals surface area contributed by atoms with E-state index in [4.69, 9.17) is 28.9 Å². The molecule has 0 unspecified atom stereocenters. The van der Waals surface area contributed by atoms with Crippen molar-refractivity contribution >= 4 is 45.7 Å². The molecule has 0 saturated carbocycles. The normalized spacial score (nSPS) is 16.0. The zero-order valence-corrected chi connectivity index (χ0v) is 19.6. The first-order chi connectivity index (χ1) is 15.9. The van der Waals surface area contributed by atoms with Crippen molar-refractivity contribution in [1.29, 1.82) is 5.26 Å². The van der Waals surface area contributed by atoms with Crippen molar-refractivity contribution in [3.63, 3.8) is 0 Å². The van der Waals surface area contributed by atoms with Crippen LogP contribution in [0, 0.1) is 11.3 Å². The molecule has 9 nitrogen and oxygen atoms in total. The second-order valence-electron chi connectivity index (χ2n) is 7.89. The topological polar surface area (TPSA) is 118 Å². The van der Waals surface area contributed by atoms with Gasteiger partial charge >= 0.3 is 0 Å². The minimum atomic E-state index is -0.252. The molecular weight excluding hydrogens is 463 g/mol. The van der Waals surface area contributed by atoms with E-state index in [9.17, 15) is 10.1 Å². The van der Waals surface area contributed by atoms with Crippen LogP contribution in [0.3, 0.4) is 0 Å². The fraction of sp³-hybridized carbons (Fsp3) is 0.364. The highest BCUT2D eigenvalue weighted by Gasteiger charge is 2.27. The number of aromatic nitrogens is 4. The number of anilines is 2. The third kappa shape index (κ3) is 4.55. The van der Waals surface area contributed by atoms with E-state index in [0.29, 0.717) is 28.8 Å². The molecule has 0 amide bonds. The molecule has 1 saturated heterocycles. The van der Waals surface area contributed by atoms with Gasteiger partial charge in [-0.25, -0.2) is 4.98 Å². The van der Waals surface area contributed by atoms with Gasteiger partial charge in [-0.3, -0.25) is 14.3 Å². The Kier molecular flexibility index (Phi) is 6.88. The lowest BCUT2D eigenvalue weighted by Gasteiger charge is -2.33. The summed E-state index contributed by atoms with van der Waals surface area (Å²) in [4.78, 5) is 24.7. The van der Waals surface area contributed by atoms with Crippen LogP contribution in [-0.2, 0) is 13.1 Å². The van der Waals surface area contributed by atoms with Crippen LogP contribution < -0.4 is 21.5 Å². The number of nitrogens with one attached hydrogen (secondary N) is 1. The van der Waals surface area contributed by atoms with Gasteiger partial charge in [0, 0.05) is 38.9 Å². The molecule has 3 aromatic rings. The molecule has 0 aliphatic carbocycles. The monoisotopic (exact) mass is 486 g/mol. The van der Waals surface area contributed by atoms with Crippen molar-refractivity contribution in [1.82, 2.24) is 19.1 Å². The quantitative estimate of drug-likeness (QED) is 0.549. The molecule has 1 aliphatic heterocycles. The SMILES string of the molecule is CNc1c(N2CCC[C@H](N)C2)n(CC=C(Cl)Cl)c2c(=O)n(Cc3ncccc3C#N)cnc12. The number of nitrogens with zero attached hydrogens (tertiary/aromatic N) is 6. The van der Waals surface area contributed by atoms with Crippen LogP contribution in [0.25, 0.3) is 11.0 Å². The first kappa shape index (κ1) is 23.1. The molecule has 0 radical (unpaired) electrons. The van der Waals surface area contributed by atoms with Crippen LogP contribution in [0.2, 0.25) is 0 Å². The summed E-state index contributed by atoms with van der Waals surface area (Å²) < 4.78 is 3.44. The van der Waals surface area contributed by atoms with Gasteiger partial charge < -0.3 is 20.5 Å². The largest absolute Gasteiger partial charge is 0.383 e. The number of hydrogen-bond acceptors (Lipinski definition) is 7.